The molecule has 51 heavy (non-hydrogen) atoms. The van der Waals surface area contributed by atoms with Crippen LogP contribution in [0.15, 0.2) is 30.4 Å². The van der Waals surface area contributed by atoms with Crippen LogP contribution in [0.2, 0.25) is 0 Å². The third kappa shape index (κ3) is 8.47. The van der Waals surface area contributed by atoms with Gasteiger partial charge < -0.3 is 14.4 Å². The number of allylic oxidation sites excluding steroid dienone is 2. The van der Waals surface area contributed by atoms with Gasteiger partial charge in [0.2, 0.25) is 21.8 Å². The van der Waals surface area contributed by atoms with Crippen LogP contribution in [0.3, 0.4) is 0 Å². The number of sulfonamides is 1. The van der Waals surface area contributed by atoms with E-state index in [1.165, 1.54) is 28.0 Å². The molecule has 278 valence electrons. The molecule has 1 N–H and O–H groups in total. The average molecular weight is 734 g/mol. The second-order valence-corrected chi connectivity index (χ2v) is 17.3. The molecule has 3 heterocycles. The maximum Gasteiger partial charge on any atom is 0.410 e. The highest BCUT2D eigenvalue weighted by atomic mass is 32.2. The molecule has 14 heteroatoms. The van der Waals surface area contributed by atoms with Gasteiger partial charge in [-0.05, 0) is 76.7 Å². The Balaban J connectivity index is 1.31. The molecule has 1 aromatic rings. The van der Waals surface area contributed by atoms with Crippen molar-refractivity contribution in [2.45, 2.75) is 127 Å². The number of nitrogens with zero attached hydrogens (tertiary/aromatic N) is 2. The van der Waals surface area contributed by atoms with E-state index in [-0.39, 0.29) is 51.7 Å². The van der Waals surface area contributed by atoms with Crippen LogP contribution < -0.4 is 4.72 Å². The number of carbonyl (C=O) groups excluding carboxylic acids is 5. The molecule has 1 saturated heterocycles. The zero-order chi connectivity index (χ0) is 40.3. The Labute approximate surface area is 304 Å². The predicted octanol–water partition coefficient (Wildman–Crippen LogP) is 4.69. The number of fused-ring (bicyclic) bond motifs is 3. The fourth-order valence-electron chi connectivity index (χ4n) is 7.27. The Bertz CT molecular complexity index is 1900. The van der Waals surface area contributed by atoms with E-state index < -0.39 is 111 Å². The van der Waals surface area contributed by atoms with Gasteiger partial charge in [-0.2, -0.15) is 0 Å². The van der Waals surface area contributed by atoms with Gasteiger partial charge in [-0.1, -0.05) is 37.1 Å². The van der Waals surface area contributed by atoms with Crippen molar-refractivity contribution in [1.82, 2.24) is 14.5 Å². The quantitative estimate of drug-likeness (QED) is 0.324. The fraction of sp³-hybridized carbons (Fsp3) is 0.649. The van der Waals surface area contributed by atoms with E-state index in [1.807, 2.05) is 0 Å². The number of hydrogen-bond acceptors (Lipinski definition) is 9. The highest BCUT2D eigenvalue weighted by Gasteiger charge is 2.61. The van der Waals surface area contributed by atoms with E-state index in [4.69, 9.17) is 15.0 Å². The summed E-state index contributed by atoms with van der Waals surface area (Å²) in [4.78, 5) is 71.6. The molecule has 5 atom stereocenters. The summed E-state index contributed by atoms with van der Waals surface area (Å²) < 4.78 is 87.9. The van der Waals surface area contributed by atoms with Crippen LogP contribution in [0.25, 0.3) is 0 Å². The smallest absolute Gasteiger partial charge is 0.410 e. The number of ketones is 1. The van der Waals surface area contributed by atoms with Crippen molar-refractivity contribution in [3.8, 4) is 0 Å². The van der Waals surface area contributed by atoms with Crippen LogP contribution in [0, 0.1) is 23.1 Å². The van der Waals surface area contributed by atoms with Gasteiger partial charge in [-0.15, -0.1) is 0 Å². The number of benzene rings is 1. The van der Waals surface area contributed by atoms with E-state index in [1.54, 1.807) is 26.8 Å². The van der Waals surface area contributed by atoms with Crippen LogP contribution >= 0.6 is 0 Å². The number of rotatable bonds is 6. The molecule has 1 unspecified atom stereocenters. The van der Waals surface area contributed by atoms with Crippen molar-refractivity contribution < 1.29 is 51.7 Å². The molecule has 12 nitrogen and oxygen atoms in total. The van der Waals surface area contributed by atoms with Gasteiger partial charge in [0.05, 0.1) is 36.2 Å². The Hall–Kier alpha value is -3.81. The molecule has 2 aliphatic carbocycles. The standard InChI is InChI=1S/C37H48FN3O9S/c1-36(2,3)50-32(43)16-23-10-7-5-4-6-8-12-25-18-37(25,34(45)39-51(47,48)27-14-15-27)19-31(42)30-17-26(21-41(30)33(23)44)49-35(46)40-20-24-11-9-13-29(38)28(24)22-40/h8-9,11-13,23,25-27,30H,4-7,10,14-22H2,1-3H3,(H,39,45)/b12-8-/t23-,25-,26?,30+,37-/m1/s1/i4D2,6D2. The topological polar surface area (TPSA) is 156 Å². The first kappa shape index (κ1) is 31.9. The number of ether oxygens (including phenoxy) is 2. The number of nitrogens with one attached hydrogen (secondary N) is 1. The molecule has 0 spiro atoms. The van der Waals surface area contributed by atoms with Gasteiger partial charge in [-0.3, -0.25) is 28.8 Å². The molecule has 6 rings (SSSR count). The average Bonchev–Trinajstić information content (AvgIpc) is 3.96. The van der Waals surface area contributed by atoms with E-state index >= 15 is 0 Å². The normalized spacial score (nSPS) is 32.3. The molecule has 0 aromatic heterocycles. The van der Waals surface area contributed by atoms with E-state index in [0.29, 0.717) is 24.0 Å². The third-order valence-electron chi connectivity index (χ3n) is 10.2. The summed E-state index contributed by atoms with van der Waals surface area (Å²) in [7, 11) is -4.05. The molecular weight excluding hydrogens is 681 g/mol. The first-order valence-corrected chi connectivity index (χ1v) is 19.1. The minimum absolute atomic E-state index is 0.0225. The number of amides is 3. The van der Waals surface area contributed by atoms with Gasteiger partial charge in [0, 0.05) is 36.4 Å². The summed E-state index contributed by atoms with van der Waals surface area (Å²) in [6.45, 7) is 4.75. The van der Waals surface area contributed by atoms with Crippen molar-refractivity contribution in [2.75, 3.05) is 6.54 Å². The summed E-state index contributed by atoms with van der Waals surface area (Å²) in [5.41, 5.74) is -1.56. The third-order valence-corrected chi connectivity index (χ3v) is 12.0. The minimum Gasteiger partial charge on any atom is -0.460 e. The number of carbonyl (C=O) groups is 5. The zero-order valence-electron chi connectivity index (χ0n) is 33.1. The number of halogens is 1. The van der Waals surface area contributed by atoms with Crippen LogP contribution in [-0.2, 0) is 51.8 Å². The lowest BCUT2D eigenvalue weighted by Crippen LogP contribution is -2.46. The lowest BCUT2D eigenvalue weighted by Gasteiger charge is -2.29. The van der Waals surface area contributed by atoms with Gasteiger partial charge in [0.25, 0.3) is 0 Å². The maximum absolute atomic E-state index is 14.5. The van der Waals surface area contributed by atoms with E-state index in [9.17, 15) is 36.8 Å². The maximum atomic E-state index is 14.5. The summed E-state index contributed by atoms with van der Waals surface area (Å²) in [6, 6.07) is 3.27. The van der Waals surface area contributed by atoms with Crippen molar-refractivity contribution >= 4 is 39.7 Å². The lowest BCUT2D eigenvalue weighted by atomic mass is 9.90. The Kier molecular flexibility index (Phi) is 8.95. The second kappa shape index (κ2) is 14.3. The number of Topliss-reactive ketones (excluding diaryl/α,β-unsaturated/α-hetero) is 1. The van der Waals surface area contributed by atoms with Crippen molar-refractivity contribution in [3.63, 3.8) is 0 Å². The van der Waals surface area contributed by atoms with Gasteiger partial charge in [0.1, 0.15) is 17.5 Å². The van der Waals surface area contributed by atoms with Gasteiger partial charge in [-0.25, -0.2) is 17.6 Å². The summed E-state index contributed by atoms with van der Waals surface area (Å²) in [5, 5.41) is -0.750. The molecule has 3 fully saturated rings. The second-order valence-electron chi connectivity index (χ2n) is 15.3. The van der Waals surface area contributed by atoms with E-state index in [0.717, 1.165) is 6.08 Å². The highest BCUT2D eigenvalue weighted by Crippen LogP contribution is 2.57. The first-order chi connectivity index (χ1) is 25.5. The Morgan fingerprint density at radius 3 is 2.59 bits per heavy atom. The van der Waals surface area contributed by atoms with Gasteiger partial charge in [0.15, 0.2) is 5.78 Å². The van der Waals surface area contributed by atoms with Crippen LogP contribution in [0.4, 0.5) is 9.18 Å². The SMILES string of the molecule is [2H]C1([2H])/C=C\[C@@H]2C[C@@]2(C(=O)NS(=O)(=O)C2CC2)CC(=O)[C@@H]2CC(OC(=O)N3Cc4cccc(F)c4C3)CN2C(=O)[C@@H](CC(=O)OC(C)(C)C)CCCC1([2H])[2H]. The molecule has 3 aliphatic heterocycles. The number of hydrogen-bond donors (Lipinski definition) is 1. The molecular formula is C37H48FN3O9S. The first-order valence-electron chi connectivity index (χ1n) is 19.5. The molecule has 3 amide bonds. The monoisotopic (exact) mass is 733 g/mol. The zero-order valence-corrected chi connectivity index (χ0v) is 29.9. The fourth-order valence-corrected chi connectivity index (χ4v) is 8.66. The summed E-state index contributed by atoms with van der Waals surface area (Å²) >= 11 is 0. The highest BCUT2D eigenvalue weighted by molar-refractivity contribution is 7.90. The Morgan fingerprint density at radius 2 is 1.88 bits per heavy atom. The molecule has 2 saturated carbocycles. The molecule has 0 bridgehead atoms. The summed E-state index contributed by atoms with van der Waals surface area (Å²) in [6.07, 6.45) is -5.37. The van der Waals surface area contributed by atoms with Gasteiger partial charge >= 0.3 is 12.1 Å². The largest absolute Gasteiger partial charge is 0.460 e. The minimum atomic E-state index is -4.05. The summed E-state index contributed by atoms with van der Waals surface area (Å²) in [5.74, 6) is -5.38. The van der Waals surface area contributed by atoms with Crippen molar-refractivity contribution in [3.05, 3.63) is 47.3 Å². The molecule has 0 radical (unpaired) electrons. The van der Waals surface area contributed by atoms with Crippen molar-refractivity contribution in [2.24, 2.45) is 17.3 Å². The van der Waals surface area contributed by atoms with Crippen LogP contribution in [-0.4, -0.2) is 77.4 Å². The lowest BCUT2D eigenvalue weighted by molar-refractivity contribution is -0.159. The van der Waals surface area contributed by atoms with Crippen LogP contribution in [0.5, 0.6) is 0 Å². The van der Waals surface area contributed by atoms with E-state index in [2.05, 4.69) is 4.72 Å². The number of esters is 1. The Morgan fingerprint density at radius 1 is 1.12 bits per heavy atom. The van der Waals surface area contributed by atoms with Crippen molar-refractivity contribution in [1.29, 1.82) is 0 Å². The molecule has 5 aliphatic rings. The molecule has 1 aromatic carbocycles. The van der Waals surface area contributed by atoms with Crippen LogP contribution in [0.1, 0.15) is 108 Å². The predicted molar refractivity (Wildman–Crippen MR) is 182 cm³/mol.